The molecule has 12 heavy (non-hydrogen) atoms. The van der Waals surface area contributed by atoms with Gasteiger partial charge in [-0.05, 0) is 19.1 Å². The highest BCUT2D eigenvalue weighted by Crippen LogP contribution is 2.16. The minimum atomic E-state index is 0.350. The Morgan fingerprint density at radius 3 is 2.83 bits per heavy atom. The molecule has 2 nitrogen and oxygen atoms in total. The highest BCUT2D eigenvalue weighted by atomic mass is 32.2. The Hall–Kier alpha value is -0.180. The predicted octanol–water partition coefficient (Wildman–Crippen LogP) is 1.75. The van der Waals surface area contributed by atoms with E-state index in [4.69, 9.17) is 0 Å². The molecule has 1 amide bonds. The normalized spacial score (nSPS) is 20.2. The van der Waals surface area contributed by atoms with Gasteiger partial charge in [0.25, 0.3) is 0 Å². The molecule has 1 saturated heterocycles. The number of carbonyl (C=O) groups excluding carboxylic acids is 1. The first-order chi connectivity index (χ1) is 5.77. The van der Waals surface area contributed by atoms with E-state index in [1.165, 1.54) is 0 Å². The average molecular weight is 187 g/mol. The quantitative estimate of drug-likeness (QED) is 0.668. The van der Waals surface area contributed by atoms with Crippen molar-refractivity contribution in [2.45, 2.75) is 31.4 Å². The third-order valence-corrected chi connectivity index (χ3v) is 3.53. The van der Waals surface area contributed by atoms with Crippen molar-refractivity contribution in [2.24, 2.45) is 0 Å². The molecule has 0 N–H and O–H groups in total. The van der Waals surface area contributed by atoms with Gasteiger partial charge < -0.3 is 4.90 Å². The Balaban J connectivity index is 2.33. The molecule has 1 aliphatic heterocycles. The van der Waals surface area contributed by atoms with Crippen LogP contribution in [0.1, 0.15) is 26.2 Å². The van der Waals surface area contributed by atoms with Crippen LogP contribution in [0.15, 0.2) is 0 Å². The zero-order valence-electron chi connectivity index (χ0n) is 7.88. The first kappa shape index (κ1) is 9.90. The number of hydrogen-bond donors (Lipinski definition) is 0. The molecule has 1 heterocycles. The lowest BCUT2D eigenvalue weighted by Gasteiger charge is -2.20. The zero-order valence-corrected chi connectivity index (χ0v) is 8.69. The molecule has 1 fully saturated rings. The van der Waals surface area contributed by atoms with Gasteiger partial charge in [-0.1, -0.05) is 6.92 Å². The summed E-state index contributed by atoms with van der Waals surface area (Å²) in [5, 5.41) is 0.632. The van der Waals surface area contributed by atoms with E-state index in [9.17, 15) is 4.79 Å². The van der Waals surface area contributed by atoms with Crippen LogP contribution in [0.5, 0.6) is 0 Å². The van der Waals surface area contributed by atoms with Gasteiger partial charge in [0.1, 0.15) is 0 Å². The van der Waals surface area contributed by atoms with Gasteiger partial charge in [-0.2, -0.15) is 11.8 Å². The maximum absolute atomic E-state index is 11.3. The van der Waals surface area contributed by atoms with E-state index in [2.05, 4.69) is 13.2 Å². The third-order valence-electron chi connectivity index (χ3n) is 2.38. The number of hydrogen-bond acceptors (Lipinski definition) is 2. The van der Waals surface area contributed by atoms with Crippen LogP contribution in [-0.2, 0) is 4.79 Å². The van der Waals surface area contributed by atoms with Gasteiger partial charge in [0, 0.05) is 24.8 Å². The van der Waals surface area contributed by atoms with E-state index >= 15 is 0 Å². The van der Waals surface area contributed by atoms with Crippen molar-refractivity contribution in [2.75, 3.05) is 19.3 Å². The number of nitrogens with zero attached hydrogens (tertiary/aromatic N) is 1. The average Bonchev–Trinajstić information content (AvgIpc) is 2.47. The highest BCUT2D eigenvalue weighted by molar-refractivity contribution is 7.99. The molecule has 0 aromatic rings. The summed E-state index contributed by atoms with van der Waals surface area (Å²) >= 11 is 1.86. The minimum Gasteiger partial charge on any atom is -0.342 e. The molecule has 0 aliphatic carbocycles. The minimum absolute atomic E-state index is 0.350. The molecule has 0 saturated carbocycles. The van der Waals surface area contributed by atoms with Gasteiger partial charge in [0.15, 0.2) is 0 Å². The van der Waals surface area contributed by atoms with E-state index < -0.39 is 0 Å². The largest absolute Gasteiger partial charge is 0.342 e. The fourth-order valence-electron chi connectivity index (χ4n) is 1.51. The summed E-state index contributed by atoms with van der Waals surface area (Å²) in [7, 11) is 0. The summed E-state index contributed by atoms with van der Waals surface area (Å²) in [5.41, 5.74) is 0. The van der Waals surface area contributed by atoms with E-state index in [-0.39, 0.29) is 0 Å². The number of carbonyl (C=O) groups is 1. The Kier molecular flexibility index (Phi) is 3.92. The lowest BCUT2D eigenvalue weighted by molar-refractivity contribution is -0.127. The number of likely N-dealkylation sites (tertiary alicyclic amines) is 1. The summed E-state index contributed by atoms with van der Waals surface area (Å²) in [6, 6.07) is 0. The first-order valence-electron chi connectivity index (χ1n) is 4.58. The molecule has 70 valence electrons. The van der Waals surface area contributed by atoms with Crippen molar-refractivity contribution in [3.63, 3.8) is 0 Å². The van der Waals surface area contributed by atoms with Gasteiger partial charge >= 0.3 is 0 Å². The van der Waals surface area contributed by atoms with Crippen LogP contribution in [0.3, 0.4) is 0 Å². The van der Waals surface area contributed by atoms with Crippen molar-refractivity contribution in [3.05, 3.63) is 0 Å². The summed E-state index contributed by atoms with van der Waals surface area (Å²) in [4.78, 5) is 13.3. The number of rotatable bonds is 4. The smallest absolute Gasteiger partial charge is 0.222 e. The molecule has 1 rings (SSSR count). The molecule has 0 spiro atoms. The van der Waals surface area contributed by atoms with Crippen molar-refractivity contribution < 1.29 is 4.79 Å². The number of amides is 1. The van der Waals surface area contributed by atoms with Crippen LogP contribution in [-0.4, -0.2) is 35.4 Å². The lowest BCUT2D eigenvalue weighted by Crippen LogP contribution is -2.31. The molecule has 0 radical (unpaired) electrons. The first-order valence-corrected chi connectivity index (χ1v) is 5.87. The monoisotopic (exact) mass is 187 g/mol. The summed E-state index contributed by atoms with van der Waals surface area (Å²) in [5.74, 6) is 0.350. The van der Waals surface area contributed by atoms with Crippen LogP contribution in [0.25, 0.3) is 0 Å². The zero-order chi connectivity index (χ0) is 8.97. The van der Waals surface area contributed by atoms with Gasteiger partial charge in [-0.15, -0.1) is 0 Å². The lowest BCUT2D eigenvalue weighted by atomic mass is 10.3. The van der Waals surface area contributed by atoms with E-state index in [0.717, 1.165) is 32.4 Å². The Morgan fingerprint density at radius 1 is 1.67 bits per heavy atom. The van der Waals surface area contributed by atoms with Crippen LogP contribution >= 0.6 is 11.8 Å². The van der Waals surface area contributed by atoms with Crippen molar-refractivity contribution in [3.8, 4) is 0 Å². The molecule has 1 unspecified atom stereocenters. The second-order valence-corrected chi connectivity index (χ2v) is 4.35. The fraction of sp³-hybridized carbons (Fsp3) is 0.889. The van der Waals surface area contributed by atoms with E-state index in [0.29, 0.717) is 11.2 Å². The van der Waals surface area contributed by atoms with Gasteiger partial charge in [-0.3, -0.25) is 4.79 Å². The Labute approximate surface area is 78.7 Å². The third kappa shape index (κ3) is 2.41. The summed E-state index contributed by atoms with van der Waals surface area (Å²) < 4.78 is 0. The number of thioether (sulfide) groups is 1. The molecule has 1 atom stereocenters. The molecule has 0 aromatic heterocycles. The standard InChI is InChI=1S/C9H17NOS/c1-3-8(12-2)7-10-6-4-5-9(10)11/h8H,3-7H2,1-2H3. The fourth-order valence-corrected chi connectivity index (χ4v) is 2.18. The Morgan fingerprint density at radius 2 is 2.42 bits per heavy atom. The maximum atomic E-state index is 11.3. The molecular weight excluding hydrogens is 170 g/mol. The van der Waals surface area contributed by atoms with Gasteiger partial charge in [0.05, 0.1) is 0 Å². The molecule has 3 heteroatoms. The van der Waals surface area contributed by atoms with Crippen LogP contribution in [0.2, 0.25) is 0 Å². The summed E-state index contributed by atoms with van der Waals surface area (Å²) in [6.45, 7) is 4.12. The van der Waals surface area contributed by atoms with E-state index in [1.54, 1.807) is 0 Å². The SMILES string of the molecule is CCC(CN1CCCC1=O)SC. The highest BCUT2D eigenvalue weighted by Gasteiger charge is 2.21. The Bertz CT molecular complexity index is 157. The topological polar surface area (TPSA) is 20.3 Å². The van der Waals surface area contributed by atoms with Crippen molar-refractivity contribution in [1.29, 1.82) is 0 Å². The molecule has 1 aliphatic rings. The van der Waals surface area contributed by atoms with E-state index in [1.807, 2.05) is 16.7 Å². The van der Waals surface area contributed by atoms with Crippen LogP contribution in [0, 0.1) is 0 Å². The maximum Gasteiger partial charge on any atom is 0.222 e. The van der Waals surface area contributed by atoms with Gasteiger partial charge in [0.2, 0.25) is 5.91 Å². The van der Waals surface area contributed by atoms with Crippen molar-refractivity contribution in [1.82, 2.24) is 4.90 Å². The van der Waals surface area contributed by atoms with Crippen LogP contribution in [0.4, 0.5) is 0 Å². The van der Waals surface area contributed by atoms with Gasteiger partial charge in [-0.25, -0.2) is 0 Å². The van der Waals surface area contributed by atoms with Crippen LogP contribution < -0.4 is 0 Å². The van der Waals surface area contributed by atoms with Crippen molar-refractivity contribution >= 4 is 17.7 Å². The summed E-state index contributed by atoms with van der Waals surface area (Å²) in [6.07, 6.45) is 5.11. The second kappa shape index (κ2) is 4.75. The predicted molar refractivity (Wildman–Crippen MR) is 53.4 cm³/mol. The molecular formula is C9H17NOS. The molecule has 0 bridgehead atoms. The second-order valence-electron chi connectivity index (χ2n) is 3.21. The molecule has 0 aromatic carbocycles.